The number of aromatic nitrogens is 3. The fraction of sp³-hybridized carbons (Fsp3) is 0.316. The van der Waals surface area contributed by atoms with E-state index in [0.717, 1.165) is 24.4 Å². The predicted octanol–water partition coefficient (Wildman–Crippen LogP) is 3.25. The lowest BCUT2D eigenvalue weighted by Gasteiger charge is -2.08. The highest BCUT2D eigenvalue weighted by molar-refractivity contribution is 5.97. The molecule has 0 saturated heterocycles. The number of benzene rings is 1. The molecule has 0 fully saturated rings. The van der Waals surface area contributed by atoms with Crippen molar-refractivity contribution in [2.75, 3.05) is 0 Å². The summed E-state index contributed by atoms with van der Waals surface area (Å²) in [4.78, 5) is 29.3. The Morgan fingerprint density at radius 2 is 2.00 bits per heavy atom. The SMILES string of the molecule is CCCn1c(C)cc(C(=O)Cn2cnc3cc(F)ccc3c2=O)c1C. The third-order valence-corrected chi connectivity index (χ3v) is 4.42. The van der Waals surface area contributed by atoms with Crippen molar-refractivity contribution in [3.05, 3.63) is 63.7 Å². The number of hydrogen-bond acceptors (Lipinski definition) is 3. The smallest absolute Gasteiger partial charge is 0.261 e. The van der Waals surface area contributed by atoms with Gasteiger partial charge < -0.3 is 4.57 Å². The zero-order valence-electron chi connectivity index (χ0n) is 14.5. The van der Waals surface area contributed by atoms with Crippen molar-refractivity contribution in [2.24, 2.45) is 0 Å². The second-order valence-electron chi connectivity index (χ2n) is 6.20. The van der Waals surface area contributed by atoms with Crippen LogP contribution in [-0.2, 0) is 13.1 Å². The maximum absolute atomic E-state index is 13.2. The molecular formula is C19H20FN3O2. The van der Waals surface area contributed by atoms with Gasteiger partial charge in [-0.15, -0.1) is 0 Å². The van der Waals surface area contributed by atoms with E-state index in [4.69, 9.17) is 0 Å². The van der Waals surface area contributed by atoms with Crippen molar-refractivity contribution in [1.29, 1.82) is 0 Å². The van der Waals surface area contributed by atoms with Gasteiger partial charge in [0.25, 0.3) is 5.56 Å². The van der Waals surface area contributed by atoms with Crippen LogP contribution in [0.25, 0.3) is 10.9 Å². The fourth-order valence-corrected chi connectivity index (χ4v) is 3.14. The highest BCUT2D eigenvalue weighted by Crippen LogP contribution is 2.17. The van der Waals surface area contributed by atoms with Gasteiger partial charge in [-0.2, -0.15) is 0 Å². The van der Waals surface area contributed by atoms with Crippen LogP contribution in [0.15, 0.2) is 35.4 Å². The second kappa shape index (κ2) is 6.63. The van der Waals surface area contributed by atoms with Crippen molar-refractivity contribution in [1.82, 2.24) is 14.1 Å². The van der Waals surface area contributed by atoms with E-state index in [-0.39, 0.29) is 23.4 Å². The molecule has 0 amide bonds. The van der Waals surface area contributed by atoms with E-state index in [1.165, 1.54) is 29.1 Å². The minimum absolute atomic E-state index is 0.0877. The van der Waals surface area contributed by atoms with Crippen molar-refractivity contribution in [3.8, 4) is 0 Å². The number of nitrogens with zero attached hydrogens (tertiary/aromatic N) is 3. The molecule has 3 aromatic rings. The topological polar surface area (TPSA) is 56.9 Å². The molecule has 3 rings (SSSR count). The molecule has 25 heavy (non-hydrogen) atoms. The van der Waals surface area contributed by atoms with Crippen LogP contribution in [0.3, 0.4) is 0 Å². The number of hydrogen-bond donors (Lipinski definition) is 0. The average molecular weight is 341 g/mol. The van der Waals surface area contributed by atoms with Crippen molar-refractivity contribution in [2.45, 2.75) is 40.3 Å². The van der Waals surface area contributed by atoms with Crippen molar-refractivity contribution < 1.29 is 9.18 Å². The molecule has 0 N–H and O–H groups in total. The number of Topliss-reactive ketones (excluding diaryl/α,β-unsaturated/α-hetero) is 1. The molecule has 0 unspecified atom stereocenters. The average Bonchev–Trinajstić information content (AvgIpc) is 2.86. The van der Waals surface area contributed by atoms with Crippen LogP contribution in [-0.4, -0.2) is 19.9 Å². The summed E-state index contributed by atoms with van der Waals surface area (Å²) in [6, 6.07) is 5.69. The van der Waals surface area contributed by atoms with Gasteiger partial charge in [0.05, 0.1) is 23.8 Å². The molecule has 6 heteroatoms. The van der Waals surface area contributed by atoms with E-state index in [1.54, 1.807) is 0 Å². The van der Waals surface area contributed by atoms with Crippen LogP contribution in [0, 0.1) is 19.7 Å². The van der Waals surface area contributed by atoms with Gasteiger partial charge in [-0.1, -0.05) is 6.92 Å². The summed E-state index contributed by atoms with van der Waals surface area (Å²) in [5.41, 5.74) is 2.50. The maximum atomic E-state index is 13.2. The summed E-state index contributed by atoms with van der Waals surface area (Å²) in [5.74, 6) is -0.586. The van der Waals surface area contributed by atoms with E-state index in [9.17, 15) is 14.0 Å². The Morgan fingerprint density at radius 1 is 1.24 bits per heavy atom. The molecular weight excluding hydrogens is 321 g/mol. The normalized spacial score (nSPS) is 11.2. The Morgan fingerprint density at radius 3 is 2.72 bits per heavy atom. The number of halogens is 1. The molecule has 0 radical (unpaired) electrons. The zero-order valence-corrected chi connectivity index (χ0v) is 14.5. The Hall–Kier alpha value is -2.76. The second-order valence-corrected chi connectivity index (χ2v) is 6.20. The van der Waals surface area contributed by atoms with Gasteiger partial charge in [0, 0.05) is 29.6 Å². The molecule has 0 bridgehead atoms. The van der Waals surface area contributed by atoms with Crippen LogP contribution in [0.5, 0.6) is 0 Å². The molecule has 0 saturated carbocycles. The zero-order chi connectivity index (χ0) is 18.1. The minimum atomic E-state index is -0.448. The molecule has 2 aromatic heterocycles. The van der Waals surface area contributed by atoms with E-state index in [1.807, 2.05) is 19.9 Å². The summed E-state index contributed by atoms with van der Waals surface area (Å²) in [6.07, 6.45) is 2.28. The number of fused-ring (bicyclic) bond motifs is 1. The van der Waals surface area contributed by atoms with E-state index >= 15 is 0 Å². The lowest BCUT2D eigenvalue weighted by molar-refractivity contribution is 0.0970. The molecule has 130 valence electrons. The number of aryl methyl sites for hydroxylation is 1. The molecule has 0 aliphatic carbocycles. The first-order valence-corrected chi connectivity index (χ1v) is 8.27. The van der Waals surface area contributed by atoms with E-state index in [2.05, 4.69) is 16.5 Å². The van der Waals surface area contributed by atoms with Gasteiger partial charge >= 0.3 is 0 Å². The summed E-state index contributed by atoms with van der Waals surface area (Å²) in [6.45, 7) is 6.74. The maximum Gasteiger partial charge on any atom is 0.261 e. The monoisotopic (exact) mass is 341 g/mol. The van der Waals surface area contributed by atoms with Crippen LogP contribution in [0.1, 0.15) is 35.1 Å². The number of carbonyl (C=O) groups is 1. The van der Waals surface area contributed by atoms with Gasteiger partial charge in [0.1, 0.15) is 5.82 Å². The van der Waals surface area contributed by atoms with E-state index < -0.39 is 5.82 Å². The van der Waals surface area contributed by atoms with Gasteiger partial charge in [0.2, 0.25) is 0 Å². The van der Waals surface area contributed by atoms with Crippen LogP contribution < -0.4 is 5.56 Å². The summed E-state index contributed by atoms with van der Waals surface area (Å²) in [5, 5.41) is 0.299. The quantitative estimate of drug-likeness (QED) is 0.670. The Kier molecular flexibility index (Phi) is 4.53. The largest absolute Gasteiger partial charge is 0.348 e. The lowest BCUT2D eigenvalue weighted by Crippen LogP contribution is -2.25. The Labute approximate surface area is 144 Å². The first-order valence-electron chi connectivity index (χ1n) is 8.27. The summed E-state index contributed by atoms with van der Waals surface area (Å²) in [7, 11) is 0. The van der Waals surface area contributed by atoms with Crippen molar-refractivity contribution in [3.63, 3.8) is 0 Å². The Bertz CT molecular complexity index is 1020. The van der Waals surface area contributed by atoms with Crippen LogP contribution in [0.4, 0.5) is 4.39 Å². The molecule has 0 spiro atoms. The minimum Gasteiger partial charge on any atom is -0.348 e. The van der Waals surface area contributed by atoms with Crippen molar-refractivity contribution >= 4 is 16.7 Å². The fourth-order valence-electron chi connectivity index (χ4n) is 3.14. The van der Waals surface area contributed by atoms with E-state index in [0.29, 0.717) is 10.9 Å². The standard InChI is InChI=1S/C19H20FN3O2/c1-4-7-23-12(2)8-16(13(23)3)18(24)10-22-11-21-17-9-14(20)5-6-15(17)19(22)25/h5-6,8-9,11H,4,7,10H2,1-3H3. The van der Waals surface area contributed by atoms with Crippen LogP contribution >= 0.6 is 0 Å². The molecule has 2 heterocycles. The molecule has 0 atom stereocenters. The Balaban J connectivity index is 1.95. The molecule has 5 nitrogen and oxygen atoms in total. The first kappa shape index (κ1) is 17.1. The third kappa shape index (κ3) is 3.12. The lowest BCUT2D eigenvalue weighted by atomic mass is 10.1. The number of carbonyl (C=O) groups excluding carboxylic acids is 1. The highest BCUT2D eigenvalue weighted by Gasteiger charge is 2.17. The highest BCUT2D eigenvalue weighted by atomic mass is 19.1. The molecule has 1 aromatic carbocycles. The molecule has 0 aliphatic rings. The number of rotatable bonds is 5. The van der Waals surface area contributed by atoms with Gasteiger partial charge in [0.15, 0.2) is 5.78 Å². The third-order valence-electron chi connectivity index (χ3n) is 4.42. The van der Waals surface area contributed by atoms with Gasteiger partial charge in [-0.3, -0.25) is 14.2 Å². The van der Waals surface area contributed by atoms with Gasteiger partial charge in [-0.05, 0) is 38.5 Å². The first-order chi connectivity index (χ1) is 11.9. The van der Waals surface area contributed by atoms with Gasteiger partial charge in [-0.25, -0.2) is 9.37 Å². The summed E-state index contributed by atoms with van der Waals surface area (Å²) < 4.78 is 16.6. The predicted molar refractivity (Wildman–Crippen MR) is 94.5 cm³/mol. The number of ketones is 1. The summed E-state index contributed by atoms with van der Waals surface area (Å²) >= 11 is 0. The molecule has 0 aliphatic heterocycles. The van der Waals surface area contributed by atoms with Crippen LogP contribution in [0.2, 0.25) is 0 Å².